The molecule has 0 amide bonds. The van der Waals surface area contributed by atoms with Gasteiger partial charge in [-0.3, -0.25) is 4.99 Å². The van der Waals surface area contributed by atoms with E-state index in [-0.39, 0.29) is 12.0 Å². The summed E-state index contributed by atoms with van der Waals surface area (Å²) in [6.45, 7) is 4.19. The molecule has 1 aliphatic rings. The van der Waals surface area contributed by atoms with Gasteiger partial charge in [-0.1, -0.05) is 0 Å². The molecule has 1 aliphatic heterocycles. The zero-order valence-corrected chi connectivity index (χ0v) is 9.30. The molecular weight excluding hydrogens is 192 g/mol. The molecule has 0 fully saturated rings. The van der Waals surface area contributed by atoms with Crippen LogP contribution < -0.4 is 0 Å². The molecule has 1 unspecified atom stereocenters. The molecule has 1 heterocycles. The van der Waals surface area contributed by atoms with Crippen LogP contribution in [-0.2, 0) is 9.53 Å². The summed E-state index contributed by atoms with van der Waals surface area (Å²) in [4.78, 5) is 17.3. The SMILES string of the molecule is CCOC(=O)C1=CC(C)N(/C=N\C)C=C1. The van der Waals surface area contributed by atoms with Gasteiger partial charge < -0.3 is 9.64 Å². The van der Waals surface area contributed by atoms with Crippen LogP contribution in [0.15, 0.2) is 28.9 Å². The van der Waals surface area contributed by atoms with Crippen molar-refractivity contribution < 1.29 is 9.53 Å². The second-order valence-corrected chi connectivity index (χ2v) is 3.22. The molecule has 4 nitrogen and oxygen atoms in total. The summed E-state index contributed by atoms with van der Waals surface area (Å²) < 4.78 is 4.91. The van der Waals surface area contributed by atoms with Crippen molar-refractivity contribution in [2.75, 3.05) is 13.7 Å². The lowest BCUT2D eigenvalue weighted by atomic mass is 10.1. The number of hydrogen-bond acceptors (Lipinski definition) is 3. The molecule has 4 heteroatoms. The van der Waals surface area contributed by atoms with Crippen molar-refractivity contribution in [3.05, 3.63) is 23.9 Å². The average Bonchev–Trinajstić information content (AvgIpc) is 2.21. The van der Waals surface area contributed by atoms with Gasteiger partial charge in [-0.05, 0) is 26.0 Å². The molecule has 0 aromatic carbocycles. The summed E-state index contributed by atoms with van der Waals surface area (Å²) in [5.74, 6) is -0.270. The van der Waals surface area contributed by atoms with Gasteiger partial charge in [-0.15, -0.1) is 0 Å². The highest BCUT2D eigenvalue weighted by atomic mass is 16.5. The van der Waals surface area contributed by atoms with E-state index in [9.17, 15) is 4.79 Å². The molecule has 0 aliphatic carbocycles. The highest BCUT2D eigenvalue weighted by Crippen LogP contribution is 2.13. The Morgan fingerprint density at radius 3 is 3.00 bits per heavy atom. The number of nitrogens with zero attached hydrogens (tertiary/aromatic N) is 2. The molecule has 82 valence electrons. The lowest BCUT2D eigenvalue weighted by Crippen LogP contribution is -2.28. The van der Waals surface area contributed by atoms with Gasteiger partial charge in [0.25, 0.3) is 0 Å². The predicted molar refractivity (Wildman–Crippen MR) is 59.6 cm³/mol. The molecule has 0 aromatic heterocycles. The Kier molecular flexibility index (Phi) is 4.09. The fourth-order valence-electron chi connectivity index (χ4n) is 1.33. The Balaban J connectivity index is 2.70. The maximum absolute atomic E-state index is 11.4. The topological polar surface area (TPSA) is 41.9 Å². The number of rotatable bonds is 3. The molecular formula is C11H16N2O2. The lowest BCUT2D eigenvalue weighted by molar-refractivity contribution is -0.138. The first-order valence-electron chi connectivity index (χ1n) is 4.96. The van der Waals surface area contributed by atoms with Gasteiger partial charge in [-0.2, -0.15) is 0 Å². The first kappa shape index (κ1) is 11.5. The van der Waals surface area contributed by atoms with E-state index >= 15 is 0 Å². The molecule has 0 bridgehead atoms. The number of aliphatic imine (C=N–C) groups is 1. The molecule has 0 N–H and O–H groups in total. The summed E-state index contributed by atoms with van der Waals surface area (Å²) in [5.41, 5.74) is 0.602. The monoisotopic (exact) mass is 208 g/mol. The van der Waals surface area contributed by atoms with Gasteiger partial charge >= 0.3 is 5.97 Å². The van der Waals surface area contributed by atoms with Crippen LogP contribution in [0.4, 0.5) is 0 Å². The van der Waals surface area contributed by atoms with Crippen LogP contribution in [0.5, 0.6) is 0 Å². The Labute approximate surface area is 89.9 Å². The molecule has 0 spiro atoms. The maximum atomic E-state index is 11.4. The van der Waals surface area contributed by atoms with Gasteiger partial charge in [0, 0.05) is 13.2 Å². The van der Waals surface area contributed by atoms with Gasteiger partial charge in [-0.25, -0.2) is 4.79 Å². The van der Waals surface area contributed by atoms with Gasteiger partial charge in [0.1, 0.15) is 0 Å². The maximum Gasteiger partial charge on any atom is 0.337 e. The van der Waals surface area contributed by atoms with E-state index in [2.05, 4.69) is 4.99 Å². The third kappa shape index (κ3) is 2.94. The minimum absolute atomic E-state index is 0.123. The van der Waals surface area contributed by atoms with Crippen molar-refractivity contribution in [2.45, 2.75) is 19.9 Å². The Hall–Kier alpha value is -1.58. The molecule has 0 aromatic rings. The van der Waals surface area contributed by atoms with Crippen LogP contribution in [0.2, 0.25) is 0 Å². The minimum Gasteiger partial charge on any atom is -0.462 e. The predicted octanol–water partition coefficient (Wildman–Crippen LogP) is 1.35. The molecule has 0 saturated heterocycles. The van der Waals surface area contributed by atoms with Crippen LogP contribution in [0.25, 0.3) is 0 Å². The summed E-state index contributed by atoms with van der Waals surface area (Å²) in [6.07, 6.45) is 7.14. The molecule has 15 heavy (non-hydrogen) atoms. The quantitative estimate of drug-likeness (QED) is 0.399. The average molecular weight is 208 g/mol. The van der Waals surface area contributed by atoms with E-state index in [0.717, 1.165) is 0 Å². The van der Waals surface area contributed by atoms with Crippen molar-refractivity contribution in [3.8, 4) is 0 Å². The number of carbonyl (C=O) groups is 1. The van der Waals surface area contributed by atoms with Crippen molar-refractivity contribution in [1.82, 2.24) is 4.90 Å². The zero-order chi connectivity index (χ0) is 11.3. The van der Waals surface area contributed by atoms with Crippen molar-refractivity contribution in [3.63, 3.8) is 0 Å². The number of ether oxygens (including phenoxy) is 1. The van der Waals surface area contributed by atoms with Crippen LogP contribution in [-0.4, -0.2) is 36.9 Å². The van der Waals surface area contributed by atoms with E-state index in [0.29, 0.717) is 12.2 Å². The summed E-state index contributed by atoms with van der Waals surface area (Å²) in [7, 11) is 1.71. The number of esters is 1. The van der Waals surface area contributed by atoms with E-state index in [1.165, 1.54) is 0 Å². The molecule has 0 saturated carbocycles. The van der Waals surface area contributed by atoms with Crippen LogP contribution in [0.3, 0.4) is 0 Å². The van der Waals surface area contributed by atoms with Crippen LogP contribution >= 0.6 is 0 Å². The summed E-state index contributed by atoms with van der Waals surface area (Å²) >= 11 is 0. The van der Waals surface area contributed by atoms with Gasteiger partial charge in [0.2, 0.25) is 0 Å². The second kappa shape index (κ2) is 5.34. The van der Waals surface area contributed by atoms with Crippen molar-refractivity contribution in [1.29, 1.82) is 0 Å². The highest BCUT2D eigenvalue weighted by Gasteiger charge is 2.16. The van der Waals surface area contributed by atoms with Gasteiger partial charge in [0.05, 0.1) is 24.6 Å². The zero-order valence-electron chi connectivity index (χ0n) is 9.30. The first-order chi connectivity index (χ1) is 7.19. The van der Waals surface area contributed by atoms with E-state index in [1.54, 1.807) is 26.4 Å². The van der Waals surface area contributed by atoms with E-state index in [4.69, 9.17) is 4.74 Å². The van der Waals surface area contributed by atoms with E-state index in [1.807, 2.05) is 24.1 Å². The lowest BCUT2D eigenvalue weighted by Gasteiger charge is -2.24. The highest BCUT2D eigenvalue weighted by molar-refractivity contribution is 5.92. The Morgan fingerprint density at radius 2 is 2.47 bits per heavy atom. The standard InChI is InChI=1S/C11H16N2O2/c1-4-15-11(14)10-5-6-13(8-12-3)9(2)7-10/h5-9H,4H2,1-3H3/b12-8-. The smallest absolute Gasteiger partial charge is 0.337 e. The van der Waals surface area contributed by atoms with Gasteiger partial charge in [0.15, 0.2) is 0 Å². The third-order valence-corrected chi connectivity index (χ3v) is 2.08. The first-order valence-corrected chi connectivity index (χ1v) is 4.96. The number of carbonyl (C=O) groups excluding carboxylic acids is 1. The Bertz CT molecular complexity index is 319. The second-order valence-electron chi connectivity index (χ2n) is 3.22. The molecule has 1 rings (SSSR count). The molecule has 0 radical (unpaired) electrons. The fourth-order valence-corrected chi connectivity index (χ4v) is 1.33. The van der Waals surface area contributed by atoms with Crippen LogP contribution in [0.1, 0.15) is 13.8 Å². The number of hydrogen-bond donors (Lipinski definition) is 0. The van der Waals surface area contributed by atoms with Crippen LogP contribution in [0, 0.1) is 0 Å². The molecule has 1 atom stereocenters. The fraction of sp³-hybridized carbons (Fsp3) is 0.455. The van der Waals surface area contributed by atoms with Crippen molar-refractivity contribution >= 4 is 12.3 Å². The largest absolute Gasteiger partial charge is 0.462 e. The van der Waals surface area contributed by atoms with Crippen molar-refractivity contribution in [2.24, 2.45) is 4.99 Å². The normalized spacial score (nSPS) is 20.6. The van der Waals surface area contributed by atoms with E-state index < -0.39 is 0 Å². The minimum atomic E-state index is -0.270. The third-order valence-electron chi connectivity index (χ3n) is 2.08. The summed E-state index contributed by atoms with van der Waals surface area (Å²) in [6, 6.07) is 0.123. The summed E-state index contributed by atoms with van der Waals surface area (Å²) in [5, 5.41) is 0. The Morgan fingerprint density at radius 1 is 1.73 bits per heavy atom.